The summed E-state index contributed by atoms with van der Waals surface area (Å²) in [6.45, 7) is 4.91. The number of piperazine rings is 1. The van der Waals surface area contributed by atoms with Crippen LogP contribution in [0.15, 0.2) is 67.0 Å². The summed E-state index contributed by atoms with van der Waals surface area (Å²) in [6, 6.07) is 19.7. The van der Waals surface area contributed by atoms with E-state index < -0.39 is 5.60 Å². The molecule has 190 valence electrons. The van der Waals surface area contributed by atoms with Crippen molar-refractivity contribution in [3.05, 3.63) is 83.7 Å². The molecule has 3 heterocycles. The number of nitriles is 1. The summed E-state index contributed by atoms with van der Waals surface area (Å²) in [5, 5.41) is 20.5. The molecule has 1 amide bonds. The number of nitrogens with zero attached hydrogens (tertiary/aromatic N) is 5. The number of anilines is 2. The molecule has 1 N–H and O–H groups in total. The second kappa shape index (κ2) is 9.23. The van der Waals surface area contributed by atoms with Crippen LogP contribution < -0.4 is 9.80 Å². The lowest BCUT2D eigenvalue weighted by Crippen LogP contribution is -2.51. The number of hydrogen-bond acceptors (Lipinski definition) is 6. The van der Waals surface area contributed by atoms with Crippen LogP contribution in [0.1, 0.15) is 49.3 Å². The zero-order valence-electron chi connectivity index (χ0n) is 21.6. The first-order valence-electron chi connectivity index (χ1n) is 13.0. The Morgan fingerprint density at radius 1 is 1.00 bits per heavy atom. The third-order valence-corrected chi connectivity index (χ3v) is 7.52. The maximum absolute atomic E-state index is 13.3. The number of fused-ring (bicyclic) bond motifs is 1. The second-order valence-electron chi connectivity index (χ2n) is 10.7. The summed E-state index contributed by atoms with van der Waals surface area (Å²) < 4.78 is 0. The van der Waals surface area contributed by atoms with Gasteiger partial charge in [-0.1, -0.05) is 36.4 Å². The quantitative estimate of drug-likeness (QED) is 0.406. The van der Waals surface area contributed by atoms with E-state index in [1.165, 1.54) is 5.56 Å². The van der Waals surface area contributed by atoms with Crippen molar-refractivity contribution in [2.75, 3.05) is 29.4 Å². The van der Waals surface area contributed by atoms with E-state index in [1.807, 2.05) is 36.5 Å². The zero-order chi connectivity index (χ0) is 26.4. The molecule has 0 atom stereocenters. The highest BCUT2D eigenvalue weighted by Gasteiger charge is 2.33. The van der Waals surface area contributed by atoms with Crippen molar-refractivity contribution < 1.29 is 9.90 Å². The van der Waals surface area contributed by atoms with Crippen LogP contribution in [0.4, 0.5) is 11.5 Å². The summed E-state index contributed by atoms with van der Waals surface area (Å²) in [5.41, 5.74) is 5.71. The SMILES string of the molecule is CC(C)(O)c1ccc(N2CCN(c3cnc4c(-c5ccc(C#N)cc5)cccc4c3C3CC3)CC2=O)nc1. The molecule has 38 heavy (non-hydrogen) atoms. The maximum atomic E-state index is 13.3. The van der Waals surface area contributed by atoms with Gasteiger partial charge in [0.25, 0.3) is 0 Å². The van der Waals surface area contributed by atoms with Gasteiger partial charge in [0.2, 0.25) is 5.91 Å². The third kappa shape index (κ3) is 4.37. The number of para-hydroxylation sites is 1. The topological polar surface area (TPSA) is 93.4 Å². The Labute approximate surface area is 222 Å². The zero-order valence-corrected chi connectivity index (χ0v) is 21.6. The molecule has 2 aromatic carbocycles. The highest BCUT2D eigenvalue weighted by molar-refractivity contribution is 6.00. The van der Waals surface area contributed by atoms with E-state index in [0.717, 1.165) is 40.6 Å². The molecular weight excluding hydrogens is 474 g/mol. The first-order chi connectivity index (χ1) is 18.3. The fourth-order valence-corrected chi connectivity index (χ4v) is 5.27. The molecule has 1 aliphatic carbocycles. The molecule has 7 nitrogen and oxygen atoms in total. The summed E-state index contributed by atoms with van der Waals surface area (Å²) >= 11 is 0. The van der Waals surface area contributed by atoms with Crippen LogP contribution in [-0.4, -0.2) is 40.6 Å². The summed E-state index contributed by atoms with van der Waals surface area (Å²) in [5.74, 6) is 1.07. The molecule has 1 aliphatic heterocycles. The summed E-state index contributed by atoms with van der Waals surface area (Å²) in [6.07, 6.45) is 5.85. The Balaban J connectivity index is 1.31. The number of aromatic nitrogens is 2. The van der Waals surface area contributed by atoms with Crippen LogP contribution in [0, 0.1) is 11.3 Å². The largest absolute Gasteiger partial charge is 0.386 e. The lowest BCUT2D eigenvalue weighted by Gasteiger charge is -2.36. The first kappa shape index (κ1) is 24.1. The first-order valence-corrected chi connectivity index (χ1v) is 13.0. The van der Waals surface area contributed by atoms with Crippen LogP contribution in [0.25, 0.3) is 22.0 Å². The average Bonchev–Trinajstić information content (AvgIpc) is 3.77. The molecular formula is C31H29N5O2. The molecule has 2 fully saturated rings. The van der Waals surface area contributed by atoms with E-state index in [2.05, 4.69) is 34.2 Å². The summed E-state index contributed by atoms with van der Waals surface area (Å²) in [7, 11) is 0. The molecule has 0 bridgehead atoms. The molecule has 1 saturated carbocycles. The Kier molecular flexibility index (Phi) is 5.85. The Hall–Kier alpha value is -4.28. The molecule has 0 radical (unpaired) electrons. The lowest BCUT2D eigenvalue weighted by atomic mass is 9.96. The van der Waals surface area contributed by atoms with E-state index in [0.29, 0.717) is 36.0 Å². The minimum Gasteiger partial charge on any atom is -0.386 e. The van der Waals surface area contributed by atoms with Crippen molar-refractivity contribution >= 4 is 28.3 Å². The van der Waals surface area contributed by atoms with E-state index in [9.17, 15) is 9.90 Å². The van der Waals surface area contributed by atoms with Crippen molar-refractivity contribution in [1.29, 1.82) is 5.26 Å². The minimum atomic E-state index is -0.976. The minimum absolute atomic E-state index is 0.00654. The predicted molar refractivity (Wildman–Crippen MR) is 148 cm³/mol. The van der Waals surface area contributed by atoms with Gasteiger partial charge < -0.3 is 10.0 Å². The van der Waals surface area contributed by atoms with Gasteiger partial charge in [0, 0.05) is 35.8 Å². The van der Waals surface area contributed by atoms with Crippen molar-refractivity contribution in [3.8, 4) is 17.2 Å². The average molecular weight is 504 g/mol. The fourth-order valence-electron chi connectivity index (χ4n) is 5.27. The van der Waals surface area contributed by atoms with Gasteiger partial charge in [-0.15, -0.1) is 0 Å². The normalized spacial score (nSPS) is 16.1. The molecule has 1 saturated heterocycles. The fraction of sp³-hybridized carbons (Fsp3) is 0.290. The van der Waals surface area contributed by atoms with Crippen molar-refractivity contribution in [1.82, 2.24) is 9.97 Å². The van der Waals surface area contributed by atoms with Gasteiger partial charge in [0.05, 0.1) is 41.2 Å². The van der Waals surface area contributed by atoms with Gasteiger partial charge in [0.1, 0.15) is 5.82 Å². The molecule has 7 heteroatoms. The van der Waals surface area contributed by atoms with Gasteiger partial charge in [-0.3, -0.25) is 14.7 Å². The number of benzene rings is 2. The van der Waals surface area contributed by atoms with E-state index in [1.54, 1.807) is 31.0 Å². The summed E-state index contributed by atoms with van der Waals surface area (Å²) in [4.78, 5) is 26.5. The molecule has 2 aromatic heterocycles. The van der Waals surface area contributed by atoms with E-state index in [4.69, 9.17) is 10.2 Å². The predicted octanol–water partition coefficient (Wildman–Crippen LogP) is 5.13. The molecule has 2 aliphatic rings. The van der Waals surface area contributed by atoms with Crippen LogP contribution in [-0.2, 0) is 10.4 Å². The maximum Gasteiger partial charge on any atom is 0.247 e. The number of rotatable bonds is 5. The molecule has 6 rings (SSSR count). The highest BCUT2D eigenvalue weighted by Crippen LogP contribution is 2.48. The van der Waals surface area contributed by atoms with Gasteiger partial charge in [-0.25, -0.2) is 4.98 Å². The van der Waals surface area contributed by atoms with Crippen LogP contribution in [0.5, 0.6) is 0 Å². The lowest BCUT2D eigenvalue weighted by molar-refractivity contribution is -0.117. The number of aliphatic hydroxyl groups is 1. The van der Waals surface area contributed by atoms with Gasteiger partial charge in [-0.05, 0) is 61.9 Å². The molecule has 0 spiro atoms. The molecule has 0 unspecified atom stereocenters. The van der Waals surface area contributed by atoms with Crippen LogP contribution in [0.2, 0.25) is 0 Å². The Morgan fingerprint density at radius 3 is 2.42 bits per heavy atom. The number of carbonyl (C=O) groups excluding carboxylic acids is 1. The Bertz CT molecular complexity index is 1560. The number of pyridine rings is 2. The van der Waals surface area contributed by atoms with Gasteiger partial charge in [-0.2, -0.15) is 5.26 Å². The number of hydrogen-bond donors (Lipinski definition) is 1. The van der Waals surface area contributed by atoms with E-state index >= 15 is 0 Å². The highest BCUT2D eigenvalue weighted by atomic mass is 16.3. The smallest absolute Gasteiger partial charge is 0.247 e. The Morgan fingerprint density at radius 2 is 1.79 bits per heavy atom. The number of carbonyl (C=O) groups is 1. The van der Waals surface area contributed by atoms with Crippen molar-refractivity contribution in [2.24, 2.45) is 0 Å². The van der Waals surface area contributed by atoms with Crippen LogP contribution in [0.3, 0.4) is 0 Å². The van der Waals surface area contributed by atoms with E-state index in [-0.39, 0.29) is 12.5 Å². The third-order valence-electron chi connectivity index (χ3n) is 7.52. The van der Waals surface area contributed by atoms with Gasteiger partial charge >= 0.3 is 0 Å². The molecule has 4 aromatic rings. The standard InChI is InChI=1S/C31H29N5O2/c1-31(2,38)23-12-13-27(33-17-23)36-15-14-35(19-28(36)37)26-18-34-30-24(21-8-6-20(16-32)7-9-21)4-3-5-25(30)29(26)22-10-11-22/h3-9,12-13,17-18,22,38H,10-11,14-15,19H2,1-2H3. The second-order valence-corrected chi connectivity index (χ2v) is 10.7. The van der Waals surface area contributed by atoms with Crippen molar-refractivity contribution in [3.63, 3.8) is 0 Å². The number of amides is 1. The van der Waals surface area contributed by atoms with Gasteiger partial charge in [0.15, 0.2) is 0 Å². The monoisotopic (exact) mass is 503 g/mol. The van der Waals surface area contributed by atoms with Crippen LogP contribution >= 0.6 is 0 Å². The van der Waals surface area contributed by atoms with Crippen molar-refractivity contribution in [2.45, 2.75) is 38.2 Å².